The SMILES string of the molecule is O=C(O)CC(=O)Nc1cccc2c1CCCC2. The van der Waals surface area contributed by atoms with Gasteiger partial charge in [-0.05, 0) is 42.9 Å². The fourth-order valence-electron chi connectivity index (χ4n) is 2.23. The summed E-state index contributed by atoms with van der Waals surface area (Å²) in [6, 6.07) is 5.81. The Labute approximate surface area is 99.6 Å². The Morgan fingerprint density at radius 1 is 1.24 bits per heavy atom. The number of rotatable bonds is 3. The lowest BCUT2D eigenvalue weighted by atomic mass is 9.90. The topological polar surface area (TPSA) is 66.4 Å². The third-order valence-corrected chi connectivity index (χ3v) is 2.98. The number of nitrogens with one attached hydrogen (secondary N) is 1. The standard InChI is InChI=1S/C13H15NO3/c15-12(8-13(16)17)14-11-7-3-5-9-4-1-2-6-10(9)11/h3,5,7H,1-2,4,6,8H2,(H,14,15)(H,16,17). The molecule has 0 aliphatic heterocycles. The average Bonchev–Trinajstić information content (AvgIpc) is 2.28. The molecule has 2 N–H and O–H groups in total. The molecule has 0 atom stereocenters. The minimum atomic E-state index is -1.10. The Morgan fingerprint density at radius 3 is 2.76 bits per heavy atom. The molecule has 0 spiro atoms. The molecule has 4 heteroatoms. The molecule has 1 aliphatic rings. The predicted octanol–water partition coefficient (Wildman–Crippen LogP) is 1.98. The molecule has 0 heterocycles. The van der Waals surface area contributed by atoms with Gasteiger partial charge in [0.1, 0.15) is 6.42 Å². The Bertz CT molecular complexity index is 454. The van der Waals surface area contributed by atoms with Crippen molar-refractivity contribution in [1.29, 1.82) is 0 Å². The number of hydrogen-bond acceptors (Lipinski definition) is 2. The van der Waals surface area contributed by atoms with Crippen LogP contribution in [0.25, 0.3) is 0 Å². The van der Waals surface area contributed by atoms with Crippen molar-refractivity contribution in [3.8, 4) is 0 Å². The van der Waals surface area contributed by atoms with E-state index < -0.39 is 18.3 Å². The van der Waals surface area contributed by atoms with Gasteiger partial charge in [-0.15, -0.1) is 0 Å². The van der Waals surface area contributed by atoms with Gasteiger partial charge in [0.05, 0.1) is 0 Å². The Morgan fingerprint density at radius 2 is 2.00 bits per heavy atom. The summed E-state index contributed by atoms with van der Waals surface area (Å²) >= 11 is 0. The zero-order valence-corrected chi connectivity index (χ0v) is 9.53. The van der Waals surface area contributed by atoms with Crippen molar-refractivity contribution in [3.63, 3.8) is 0 Å². The Balaban J connectivity index is 2.16. The maximum Gasteiger partial charge on any atom is 0.312 e. The smallest absolute Gasteiger partial charge is 0.312 e. The fourth-order valence-corrected chi connectivity index (χ4v) is 2.23. The van der Waals surface area contributed by atoms with Crippen LogP contribution in [0.4, 0.5) is 5.69 Å². The van der Waals surface area contributed by atoms with Gasteiger partial charge in [0, 0.05) is 5.69 Å². The van der Waals surface area contributed by atoms with Gasteiger partial charge in [0.15, 0.2) is 0 Å². The first-order valence-electron chi connectivity index (χ1n) is 5.79. The maximum atomic E-state index is 11.4. The van der Waals surface area contributed by atoms with Gasteiger partial charge in [0.2, 0.25) is 5.91 Å². The van der Waals surface area contributed by atoms with Crippen molar-refractivity contribution in [2.75, 3.05) is 5.32 Å². The van der Waals surface area contributed by atoms with Crippen LogP contribution in [0.3, 0.4) is 0 Å². The van der Waals surface area contributed by atoms with E-state index in [-0.39, 0.29) is 0 Å². The molecule has 17 heavy (non-hydrogen) atoms. The second-order valence-corrected chi connectivity index (χ2v) is 4.27. The largest absolute Gasteiger partial charge is 0.481 e. The second-order valence-electron chi connectivity index (χ2n) is 4.27. The van der Waals surface area contributed by atoms with Crippen molar-refractivity contribution in [3.05, 3.63) is 29.3 Å². The van der Waals surface area contributed by atoms with Gasteiger partial charge in [0.25, 0.3) is 0 Å². The van der Waals surface area contributed by atoms with E-state index in [1.165, 1.54) is 12.0 Å². The summed E-state index contributed by atoms with van der Waals surface area (Å²) in [7, 11) is 0. The number of amides is 1. The molecule has 0 bridgehead atoms. The maximum absolute atomic E-state index is 11.4. The van der Waals surface area contributed by atoms with Crippen molar-refractivity contribution < 1.29 is 14.7 Å². The molecule has 1 amide bonds. The number of hydrogen-bond donors (Lipinski definition) is 2. The summed E-state index contributed by atoms with van der Waals surface area (Å²) in [6.45, 7) is 0. The fraction of sp³-hybridized carbons (Fsp3) is 0.385. The first kappa shape index (κ1) is 11.6. The Kier molecular flexibility index (Phi) is 3.42. The molecule has 0 saturated heterocycles. The van der Waals surface area contributed by atoms with Crippen molar-refractivity contribution in [2.24, 2.45) is 0 Å². The van der Waals surface area contributed by atoms with Crippen molar-refractivity contribution in [2.45, 2.75) is 32.1 Å². The minimum absolute atomic E-state index is 0.462. The van der Waals surface area contributed by atoms with Crippen LogP contribution in [0, 0.1) is 0 Å². The number of carboxylic acid groups (broad SMARTS) is 1. The van der Waals surface area contributed by atoms with E-state index in [2.05, 4.69) is 11.4 Å². The third kappa shape index (κ3) is 2.84. The summed E-state index contributed by atoms with van der Waals surface area (Å²) in [5.41, 5.74) is 3.20. The third-order valence-electron chi connectivity index (χ3n) is 2.98. The first-order valence-corrected chi connectivity index (χ1v) is 5.79. The van der Waals surface area contributed by atoms with Crippen LogP contribution in [0.15, 0.2) is 18.2 Å². The quantitative estimate of drug-likeness (QED) is 0.784. The molecule has 0 aromatic heterocycles. The van der Waals surface area contributed by atoms with E-state index in [0.717, 1.165) is 30.5 Å². The number of carboxylic acids is 1. The molecule has 2 rings (SSSR count). The summed E-state index contributed by atoms with van der Waals surface area (Å²) in [6.07, 6.45) is 3.82. The highest BCUT2D eigenvalue weighted by Gasteiger charge is 2.15. The van der Waals surface area contributed by atoms with Crippen LogP contribution < -0.4 is 5.32 Å². The van der Waals surface area contributed by atoms with E-state index in [4.69, 9.17) is 5.11 Å². The highest BCUT2D eigenvalue weighted by Crippen LogP contribution is 2.27. The number of carbonyl (C=O) groups excluding carboxylic acids is 1. The number of fused-ring (bicyclic) bond motifs is 1. The minimum Gasteiger partial charge on any atom is -0.481 e. The van der Waals surface area contributed by atoms with E-state index in [9.17, 15) is 9.59 Å². The number of aryl methyl sites for hydroxylation is 1. The zero-order valence-electron chi connectivity index (χ0n) is 9.53. The van der Waals surface area contributed by atoms with E-state index in [1.54, 1.807) is 0 Å². The summed E-state index contributed by atoms with van der Waals surface area (Å²) in [5.74, 6) is -1.57. The zero-order chi connectivity index (χ0) is 12.3. The molecule has 0 fully saturated rings. The second kappa shape index (κ2) is 4.99. The summed E-state index contributed by atoms with van der Waals surface area (Å²) in [4.78, 5) is 21.8. The van der Waals surface area contributed by atoms with Crippen LogP contribution in [0.2, 0.25) is 0 Å². The number of anilines is 1. The molecular weight excluding hydrogens is 218 g/mol. The number of aliphatic carboxylic acids is 1. The van der Waals surface area contributed by atoms with Gasteiger partial charge in [-0.25, -0.2) is 0 Å². The highest BCUT2D eigenvalue weighted by molar-refractivity contribution is 6.01. The van der Waals surface area contributed by atoms with Gasteiger partial charge in [-0.1, -0.05) is 12.1 Å². The number of benzene rings is 1. The molecule has 0 saturated carbocycles. The van der Waals surface area contributed by atoms with Gasteiger partial charge < -0.3 is 10.4 Å². The van der Waals surface area contributed by atoms with E-state index in [0.29, 0.717) is 0 Å². The molecule has 1 aromatic rings. The van der Waals surface area contributed by atoms with Crippen LogP contribution in [0.1, 0.15) is 30.4 Å². The molecule has 0 radical (unpaired) electrons. The van der Waals surface area contributed by atoms with Crippen LogP contribution in [0.5, 0.6) is 0 Å². The highest BCUT2D eigenvalue weighted by atomic mass is 16.4. The van der Waals surface area contributed by atoms with Crippen LogP contribution in [-0.2, 0) is 22.4 Å². The molecule has 1 aliphatic carbocycles. The van der Waals surface area contributed by atoms with E-state index in [1.807, 2.05) is 12.1 Å². The monoisotopic (exact) mass is 233 g/mol. The normalized spacial score (nSPS) is 13.9. The molecule has 0 unspecified atom stereocenters. The predicted molar refractivity (Wildman–Crippen MR) is 64.0 cm³/mol. The summed E-state index contributed by atoms with van der Waals surface area (Å²) < 4.78 is 0. The average molecular weight is 233 g/mol. The van der Waals surface area contributed by atoms with Gasteiger partial charge >= 0.3 is 5.97 Å². The van der Waals surface area contributed by atoms with Gasteiger partial charge in [-0.3, -0.25) is 9.59 Å². The lowest BCUT2D eigenvalue weighted by Crippen LogP contribution is -2.18. The molecule has 1 aromatic carbocycles. The van der Waals surface area contributed by atoms with Crippen LogP contribution >= 0.6 is 0 Å². The lowest BCUT2D eigenvalue weighted by Gasteiger charge is -2.19. The lowest BCUT2D eigenvalue weighted by molar-refractivity contribution is -0.139. The number of carbonyl (C=O) groups is 2. The summed E-state index contributed by atoms with van der Waals surface area (Å²) in [5, 5.41) is 11.2. The first-order chi connectivity index (χ1) is 8.16. The van der Waals surface area contributed by atoms with Gasteiger partial charge in [-0.2, -0.15) is 0 Å². The Hall–Kier alpha value is -1.84. The van der Waals surface area contributed by atoms with Crippen molar-refractivity contribution >= 4 is 17.6 Å². The van der Waals surface area contributed by atoms with Crippen molar-refractivity contribution in [1.82, 2.24) is 0 Å². The van der Waals surface area contributed by atoms with E-state index >= 15 is 0 Å². The molecule has 90 valence electrons. The molecule has 4 nitrogen and oxygen atoms in total. The molecular formula is C13H15NO3. The van der Waals surface area contributed by atoms with Crippen LogP contribution in [-0.4, -0.2) is 17.0 Å².